The standard InChI is InChI=1S/C25H37N3O3/c1-17-5-4-6-22(18(17)2)26-23(29)15-28(7-8-31-3)16-24(30)27-25-12-19-9-20(13-25)11-21(10-19)14-25/h4-6,19-21H,7-16H2,1-3H3,(H,26,29)(H,27,30). The number of nitrogens with one attached hydrogen (secondary N) is 2. The van der Waals surface area contributed by atoms with E-state index in [-0.39, 0.29) is 30.4 Å². The average molecular weight is 428 g/mol. The molecule has 2 N–H and O–H groups in total. The fourth-order valence-corrected chi connectivity index (χ4v) is 6.52. The van der Waals surface area contributed by atoms with Gasteiger partial charge >= 0.3 is 0 Å². The van der Waals surface area contributed by atoms with Gasteiger partial charge in [0.2, 0.25) is 11.8 Å². The quantitative estimate of drug-likeness (QED) is 0.635. The van der Waals surface area contributed by atoms with E-state index in [0.717, 1.165) is 53.8 Å². The highest BCUT2D eigenvalue weighted by Crippen LogP contribution is 2.55. The number of methoxy groups -OCH3 is 1. The van der Waals surface area contributed by atoms with Crippen LogP contribution < -0.4 is 10.6 Å². The number of hydrogen-bond acceptors (Lipinski definition) is 4. The van der Waals surface area contributed by atoms with Gasteiger partial charge < -0.3 is 15.4 Å². The molecule has 170 valence electrons. The third kappa shape index (κ3) is 5.29. The van der Waals surface area contributed by atoms with Gasteiger partial charge in [-0.05, 0) is 87.3 Å². The first-order valence-electron chi connectivity index (χ1n) is 11.7. The molecular formula is C25H37N3O3. The third-order valence-electron chi connectivity index (χ3n) is 7.67. The topological polar surface area (TPSA) is 70.7 Å². The first-order chi connectivity index (χ1) is 14.9. The number of carbonyl (C=O) groups is 2. The molecule has 1 aromatic rings. The van der Waals surface area contributed by atoms with Crippen molar-refractivity contribution in [2.45, 2.75) is 57.9 Å². The monoisotopic (exact) mass is 427 g/mol. The zero-order valence-corrected chi connectivity index (χ0v) is 19.2. The Balaban J connectivity index is 1.34. The largest absolute Gasteiger partial charge is 0.383 e. The molecule has 6 heteroatoms. The van der Waals surface area contributed by atoms with Crippen LogP contribution in [0, 0.1) is 31.6 Å². The average Bonchev–Trinajstić information content (AvgIpc) is 2.68. The van der Waals surface area contributed by atoms with E-state index in [1.165, 1.54) is 19.3 Å². The van der Waals surface area contributed by atoms with Crippen LogP contribution in [0.4, 0.5) is 5.69 Å². The van der Waals surface area contributed by atoms with Gasteiger partial charge in [0.15, 0.2) is 0 Å². The third-order valence-corrected chi connectivity index (χ3v) is 7.67. The molecule has 1 aromatic carbocycles. The van der Waals surface area contributed by atoms with E-state index in [2.05, 4.69) is 10.6 Å². The fourth-order valence-electron chi connectivity index (χ4n) is 6.52. The van der Waals surface area contributed by atoms with Gasteiger partial charge in [0, 0.05) is 24.9 Å². The van der Waals surface area contributed by atoms with Crippen molar-refractivity contribution >= 4 is 17.5 Å². The Labute approximate surface area is 186 Å². The highest BCUT2D eigenvalue weighted by atomic mass is 16.5. The lowest BCUT2D eigenvalue weighted by atomic mass is 9.53. The van der Waals surface area contributed by atoms with Crippen molar-refractivity contribution in [1.29, 1.82) is 0 Å². The molecule has 0 radical (unpaired) electrons. The Morgan fingerprint density at radius 3 is 2.26 bits per heavy atom. The Kier molecular flexibility index (Phi) is 6.68. The summed E-state index contributed by atoms with van der Waals surface area (Å²) in [5.74, 6) is 2.31. The Bertz CT molecular complexity index is 787. The Morgan fingerprint density at radius 1 is 1.03 bits per heavy atom. The van der Waals surface area contributed by atoms with Crippen molar-refractivity contribution in [3.63, 3.8) is 0 Å². The number of amides is 2. The summed E-state index contributed by atoms with van der Waals surface area (Å²) in [5.41, 5.74) is 3.04. The minimum atomic E-state index is -0.104. The molecule has 0 unspecified atom stereocenters. The van der Waals surface area contributed by atoms with Gasteiger partial charge in [0.05, 0.1) is 19.7 Å². The van der Waals surface area contributed by atoms with Crippen LogP contribution in [0.2, 0.25) is 0 Å². The van der Waals surface area contributed by atoms with Gasteiger partial charge in [-0.2, -0.15) is 0 Å². The minimum Gasteiger partial charge on any atom is -0.383 e. The van der Waals surface area contributed by atoms with Gasteiger partial charge in [-0.3, -0.25) is 14.5 Å². The molecule has 0 aromatic heterocycles. The lowest BCUT2D eigenvalue weighted by molar-refractivity contribution is -0.128. The number of nitrogens with zero attached hydrogens (tertiary/aromatic N) is 1. The van der Waals surface area contributed by atoms with Crippen LogP contribution >= 0.6 is 0 Å². The summed E-state index contributed by atoms with van der Waals surface area (Å²) in [4.78, 5) is 27.6. The van der Waals surface area contributed by atoms with E-state index in [0.29, 0.717) is 13.2 Å². The molecule has 5 rings (SSSR count). The van der Waals surface area contributed by atoms with Crippen LogP contribution in [0.25, 0.3) is 0 Å². The van der Waals surface area contributed by atoms with Crippen molar-refractivity contribution in [2.24, 2.45) is 17.8 Å². The van der Waals surface area contributed by atoms with Gasteiger partial charge in [0.25, 0.3) is 0 Å². The highest BCUT2D eigenvalue weighted by Gasteiger charge is 2.51. The summed E-state index contributed by atoms with van der Waals surface area (Å²) in [6.07, 6.45) is 7.47. The second-order valence-corrected chi connectivity index (χ2v) is 10.2. The van der Waals surface area contributed by atoms with Crippen LogP contribution in [0.15, 0.2) is 18.2 Å². The summed E-state index contributed by atoms with van der Waals surface area (Å²) in [5, 5.41) is 6.42. The maximum absolute atomic E-state index is 13.0. The molecule has 4 bridgehead atoms. The number of hydrogen-bond donors (Lipinski definition) is 2. The number of aryl methyl sites for hydroxylation is 1. The second kappa shape index (κ2) is 9.29. The summed E-state index contributed by atoms with van der Waals surface area (Å²) in [7, 11) is 1.64. The van der Waals surface area contributed by atoms with Crippen molar-refractivity contribution in [3.8, 4) is 0 Å². The number of carbonyl (C=O) groups excluding carboxylic acids is 2. The summed E-state index contributed by atoms with van der Waals surface area (Å²) in [6, 6.07) is 5.89. The van der Waals surface area contributed by atoms with E-state index >= 15 is 0 Å². The van der Waals surface area contributed by atoms with Gasteiger partial charge in [-0.15, -0.1) is 0 Å². The molecule has 4 saturated carbocycles. The molecule has 6 nitrogen and oxygen atoms in total. The number of benzene rings is 1. The maximum Gasteiger partial charge on any atom is 0.238 e. The molecule has 0 spiro atoms. The van der Waals surface area contributed by atoms with Crippen LogP contribution in [0.3, 0.4) is 0 Å². The van der Waals surface area contributed by atoms with Gasteiger partial charge in [-0.1, -0.05) is 12.1 Å². The molecule has 4 aliphatic carbocycles. The van der Waals surface area contributed by atoms with Crippen molar-refractivity contribution < 1.29 is 14.3 Å². The summed E-state index contributed by atoms with van der Waals surface area (Å²) in [6.45, 7) is 5.47. The first-order valence-corrected chi connectivity index (χ1v) is 11.7. The summed E-state index contributed by atoms with van der Waals surface area (Å²) < 4.78 is 5.22. The lowest BCUT2D eigenvalue weighted by Crippen LogP contribution is -2.61. The predicted octanol–water partition coefficient (Wildman–Crippen LogP) is 3.28. The Morgan fingerprint density at radius 2 is 1.65 bits per heavy atom. The zero-order chi connectivity index (χ0) is 22.0. The number of rotatable bonds is 9. The molecular weight excluding hydrogens is 390 g/mol. The van der Waals surface area contributed by atoms with Gasteiger partial charge in [0.1, 0.15) is 0 Å². The molecule has 0 heterocycles. The highest BCUT2D eigenvalue weighted by molar-refractivity contribution is 5.93. The molecule has 0 atom stereocenters. The van der Waals surface area contributed by atoms with E-state index in [9.17, 15) is 9.59 Å². The van der Waals surface area contributed by atoms with Crippen LogP contribution in [-0.4, -0.2) is 55.6 Å². The summed E-state index contributed by atoms with van der Waals surface area (Å²) >= 11 is 0. The Hall–Kier alpha value is -1.92. The number of anilines is 1. The molecule has 4 fully saturated rings. The van der Waals surface area contributed by atoms with E-state index in [4.69, 9.17) is 4.74 Å². The van der Waals surface area contributed by atoms with Crippen molar-refractivity contribution in [2.75, 3.05) is 38.7 Å². The first kappa shape index (κ1) is 22.3. The van der Waals surface area contributed by atoms with E-state index in [1.54, 1.807) is 7.11 Å². The molecule has 4 aliphatic rings. The van der Waals surface area contributed by atoms with E-state index < -0.39 is 0 Å². The van der Waals surface area contributed by atoms with Crippen LogP contribution in [0.1, 0.15) is 49.7 Å². The lowest BCUT2D eigenvalue weighted by Gasteiger charge is -2.57. The fraction of sp³-hybridized carbons (Fsp3) is 0.680. The number of ether oxygens (including phenoxy) is 1. The predicted molar refractivity (Wildman–Crippen MR) is 122 cm³/mol. The van der Waals surface area contributed by atoms with E-state index in [1.807, 2.05) is 36.9 Å². The van der Waals surface area contributed by atoms with Gasteiger partial charge in [-0.25, -0.2) is 0 Å². The SMILES string of the molecule is COCCN(CC(=O)Nc1cccc(C)c1C)CC(=O)NC12CC3CC(CC(C3)C1)C2. The van der Waals surface area contributed by atoms with Crippen LogP contribution in [-0.2, 0) is 14.3 Å². The molecule has 31 heavy (non-hydrogen) atoms. The smallest absolute Gasteiger partial charge is 0.238 e. The molecule has 2 amide bonds. The molecule has 0 saturated heterocycles. The maximum atomic E-state index is 13.0. The second-order valence-electron chi connectivity index (χ2n) is 10.2. The van der Waals surface area contributed by atoms with Crippen LogP contribution in [0.5, 0.6) is 0 Å². The van der Waals surface area contributed by atoms with Crippen molar-refractivity contribution in [1.82, 2.24) is 10.2 Å². The van der Waals surface area contributed by atoms with Crippen molar-refractivity contribution in [3.05, 3.63) is 29.3 Å². The zero-order valence-electron chi connectivity index (χ0n) is 19.2. The minimum absolute atomic E-state index is 0.000302. The normalized spacial score (nSPS) is 28.7. The molecule has 0 aliphatic heterocycles.